The first-order chi connectivity index (χ1) is 11.0. The molecule has 2 amide bonds. The van der Waals surface area contributed by atoms with Crippen LogP contribution < -0.4 is 10.6 Å². The van der Waals surface area contributed by atoms with Gasteiger partial charge in [-0.05, 0) is 69.7 Å². The van der Waals surface area contributed by atoms with Crippen molar-refractivity contribution in [2.45, 2.75) is 53.6 Å². The summed E-state index contributed by atoms with van der Waals surface area (Å²) in [5.74, 6) is 0.370. The van der Waals surface area contributed by atoms with Crippen LogP contribution in [0.5, 0.6) is 0 Å². The number of hydrogen-bond acceptors (Lipinski definition) is 2. The van der Waals surface area contributed by atoms with E-state index >= 15 is 0 Å². The van der Waals surface area contributed by atoms with Crippen LogP contribution in [0.3, 0.4) is 0 Å². The highest BCUT2D eigenvalue weighted by molar-refractivity contribution is 9.11. The number of halogens is 2. The molecule has 1 aromatic carbocycles. The highest BCUT2D eigenvalue weighted by atomic mass is 79.9. The molecule has 0 spiro atoms. The van der Waals surface area contributed by atoms with Gasteiger partial charge in [0.25, 0.3) is 11.8 Å². The Morgan fingerprint density at radius 2 is 1.04 bits per heavy atom. The average Bonchev–Trinajstić information content (AvgIpc) is 2.48. The van der Waals surface area contributed by atoms with E-state index in [1.165, 1.54) is 0 Å². The summed E-state index contributed by atoms with van der Waals surface area (Å²) < 4.78 is 1.20. The van der Waals surface area contributed by atoms with Crippen LogP contribution in [0.1, 0.15) is 62.3 Å². The van der Waals surface area contributed by atoms with E-state index in [4.69, 9.17) is 0 Å². The maximum Gasteiger partial charge on any atom is 0.252 e. The second-order valence-corrected chi connectivity index (χ2v) is 8.53. The standard InChI is InChI=1S/C18H26Br2N2O2/c1-9(2)11(5)21-17(23)13-7-16(20)14(8-15(13)19)18(24)22-12(6)10(3)4/h7-12H,1-6H3,(H,21,23)(H,22,24). The fourth-order valence-corrected chi connectivity index (χ4v) is 2.84. The smallest absolute Gasteiger partial charge is 0.252 e. The summed E-state index contributed by atoms with van der Waals surface area (Å²) in [7, 11) is 0. The van der Waals surface area contributed by atoms with Gasteiger partial charge in [-0.1, -0.05) is 27.7 Å². The maximum atomic E-state index is 12.4. The zero-order valence-electron chi connectivity index (χ0n) is 15.0. The molecule has 4 nitrogen and oxygen atoms in total. The van der Waals surface area contributed by atoms with Crippen molar-refractivity contribution in [3.05, 3.63) is 32.2 Å². The Kier molecular flexibility index (Phi) is 7.93. The molecule has 2 unspecified atom stereocenters. The average molecular weight is 462 g/mol. The summed E-state index contributed by atoms with van der Waals surface area (Å²) in [6.07, 6.45) is 0. The lowest BCUT2D eigenvalue weighted by molar-refractivity contribution is 0.0917. The molecule has 1 aromatic rings. The Bertz CT molecular complexity index is 562. The molecule has 2 atom stereocenters. The minimum absolute atomic E-state index is 0.0676. The number of nitrogens with one attached hydrogen (secondary N) is 2. The molecule has 0 aliphatic carbocycles. The summed E-state index contributed by atoms with van der Waals surface area (Å²) in [5, 5.41) is 5.94. The predicted molar refractivity (Wildman–Crippen MR) is 105 cm³/mol. The lowest BCUT2D eigenvalue weighted by atomic mass is 10.0. The first-order valence-corrected chi connectivity index (χ1v) is 9.74. The lowest BCUT2D eigenvalue weighted by Crippen LogP contribution is -2.37. The van der Waals surface area contributed by atoms with Gasteiger partial charge in [-0.15, -0.1) is 0 Å². The van der Waals surface area contributed by atoms with E-state index in [-0.39, 0.29) is 23.9 Å². The molecule has 1 rings (SSSR count). The minimum Gasteiger partial charge on any atom is -0.349 e. The van der Waals surface area contributed by atoms with Crippen molar-refractivity contribution in [3.63, 3.8) is 0 Å². The van der Waals surface area contributed by atoms with Crippen LogP contribution in [-0.2, 0) is 0 Å². The van der Waals surface area contributed by atoms with Crippen LogP contribution in [-0.4, -0.2) is 23.9 Å². The molecule has 0 fully saturated rings. The normalized spacial score (nSPS) is 13.8. The molecule has 0 aliphatic heterocycles. The third-order valence-corrected chi connectivity index (χ3v) is 5.58. The fraction of sp³-hybridized carbons (Fsp3) is 0.556. The quantitative estimate of drug-likeness (QED) is 0.641. The third kappa shape index (κ3) is 5.59. The Labute approximate surface area is 161 Å². The van der Waals surface area contributed by atoms with Gasteiger partial charge in [0.2, 0.25) is 0 Å². The SMILES string of the molecule is CC(C)C(C)NC(=O)c1cc(Br)c(C(=O)NC(C)C(C)C)cc1Br. The van der Waals surface area contributed by atoms with Crippen molar-refractivity contribution in [2.75, 3.05) is 0 Å². The van der Waals surface area contributed by atoms with Crippen molar-refractivity contribution in [2.24, 2.45) is 11.8 Å². The monoisotopic (exact) mass is 460 g/mol. The van der Waals surface area contributed by atoms with Crippen molar-refractivity contribution < 1.29 is 9.59 Å². The summed E-state index contributed by atoms with van der Waals surface area (Å²) in [5.41, 5.74) is 1.01. The van der Waals surface area contributed by atoms with Gasteiger partial charge in [0.05, 0.1) is 11.1 Å². The van der Waals surface area contributed by atoms with Crippen LogP contribution in [0.2, 0.25) is 0 Å². The molecule has 6 heteroatoms. The predicted octanol–water partition coefficient (Wildman–Crippen LogP) is 4.76. The van der Waals surface area contributed by atoms with E-state index < -0.39 is 0 Å². The van der Waals surface area contributed by atoms with E-state index in [2.05, 4.69) is 70.2 Å². The van der Waals surface area contributed by atoms with Crippen LogP contribution in [0.25, 0.3) is 0 Å². The number of carbonyl (C=O) groups excluding carboxylic acids is 2. The van der Waals surface area contributed by atoms with Crippen molar-refractivity contribution >= 4 is 43.7 Å². The first-order valence-electron chi connectivity index (χ1n) is 8.15. The second kappa shape index (κ2) is 8.99. The van der Waals surface area contributed by atoms with Crippen molar-refractivity contribution in [1.29, 1.82) is 0 Å². The van der Waals surface area contributed by atoms with Gasteiger partial charge < -0.3 is 10.6 Å². The summed E-state index contributed by atoms with van der Waals surface area (Å²) >= 11 is 6.82. The number of amides is 2. The molecular weight excluding hydrogens is 436 g/mol. The summed E-state index contributed by atoms with van der Waals surface area (Å²) in [6, 6.07) is 3.50. The first kappa shape index (κ1) is 21.2. The number of hydrogen-bond donors (Lipinski definition) is 2. The summed E-state index contributed by atoms with van der Waals surface area (Å²) in [6.45, 7) is 12.2. The van der Waals surface area contributed by atoms with Gasteiger partial charge in [0, 0.05) is 21.0 Å². The molecule has 0 bridgehead atoms. The lowest BCUT2D eigenvalue weighted by Gasteiger charge is -2.20. The van der Waals surface area contributed by atoms with Crippen LogP contribution >= 0.6 is 31.9 Å². The summed E-state index contributed by atoms with van der Waals surface area (Å²) in [4.78, 5) is 24.8. The van der Waals surface area contributed by atoms with E-state index in [9.17, 15) is 9.59 Å². The molecule has 0 heterocycles. The Morgan fingerprint density at radius 3 is 1.29 bits per heavy atom. The molecular formula is C18H26Br2N2O2. The second-order valence-electron chi connectivity index (χ2n) is 6.82. The Hall–Kier alpha value is -0.880. The zero-order chi connectivity index (χ0) is 18.6. The highest BCUT2D eigenvalue weighted by Crippen LogP contribution is 2.26. The zero-order valence-corrected chi connectivity index (χ0v) is 18.2. The van der Waals surface area contributed by atoms with Gasteiger partial charge in [-0.2, -0.15) is 0 Å². The third-order valence-electron chi connectivity index (χ3n) is 4.26. The molecule has 134 valence electrons. The van der Waals surface area contributed by atoms with E-state index in [1.54, 1.807) is 12.1 Å². The Morgan fingerprint density at radius 1 is 0.750 bits per heavy atom. The fourth-order valence-electron chi connectivity index (χ4n) is 1.80. The van der Waals surface area contributed by atoms with Crippen LogP contribution in [0.4, 0.5) is 0 Å². The van der Waals surface area contributed by atoms with E-state index in [1.807, 2.05) is 13.8 Å². The molecule has 24 heavy (non-hydrogen) atoms. The molecule has 0 saturated heterocycles. The number of rotatable bonds is 6. The van der Waals surface area contributed by atoms with Crippen LogP contribution in [0, 0.1) is 11.8 Å². The Balaban J connectivity index is 3.01. The van der Waals surface area contributed by atoms with E-state index in [0.717, 1.165) is 0 Å². The topological polar surface area (TPSA) is 58.2 Å². The van der Waals surface area contributed by atoms with Crippen molar-refractivity contribution in [1.82, 2.24) is 10.6 Å². The molecule has 0 radical (unpaired) electrons. The molecule has 0 saturated carbocycles. The van der Waals surface area contributed by atoms with Gasteiger partial charge in [0.1, 0.15) is 0 Å². The number of benzene rings is 1. The minimum atomic E-state index is -0.161. The molecule has 0 aliphatic rings. The number of carbonyl (C=O) groups is 2. The van der Waals surface area contributed by atoms with Crippen LogP contribution in [0.15, 0.2) is 21.1 Å². The highest BCUT2D eigenvalue weighted by Gasteiger charge is 2.20. The van der Waals surface area contributed by atoms with Crippen molar-refractivity contribution in [3.8, 4) is 0 Å². The van der Waals surface area contributed by atoms with Gasteiger partial charge >= 0.3 is 0 Å². The van der Waals surface area contributed by atoms with Gasteiger partial charge in [-0.25, -0.2) is 0 Å². The molecule has 2 N–H and O–H groups in total. The van der Waals surface area contributed by atoms with Gasteiger partial charge in [-0.3, -0.25) is 9.59 Å². The van der Waals surface area contributed by atoms with Gasteiger partial charge in [0.15, 0.2) is 0 Å². The molecule has 0 aromatic heterocycles. The maximum absolute atomic E-state index is 12.4. The van der Waals surface area contributed by atoms with E-state index in [0.29, 0.717) is 31.9 Å². The largest absolute Gasteiger partial charge is 0.349 e.